The van der Waals surface area contributed by atoms with E-state index in [0.717, 1.165) is 4.43 Å². The standard InChI is InChI=1S/C6H11IN2/c1-6(3-7)4-9-5-8-2/h4-5H,3H2,1-2H3,(H,8,9)/b6-4-. The first-order valence-electron chi connectivity index (χ1n) is 2.69. The van der Waals surface area contributed by atoms with Gasteiger partial charge >= 0.3 is 0 Å². The van der Waals surface area contributed by atoms with Crippen LogP contribution in [0.4, 0.5) is 0 Å². The van der Waals surface area contributed by atoms with Crippen LogP contribution < -0.4 is 5.32 Å². The second-order valence-corrected chi connectivity index (χ2v) is 2.44. The van der Waals surface area contributed by atoms with Gasteiger partial charge in [-0.25, -0.2) is 0 Å². The van der Waals surface area contributed by atoms with Crippen LogP contribution in [0.3, 0.4) is 0 Å². The highest BCUT2D eigenvalue weighted by Gasteiger charge is 1.79. The first-order chi connectivity index (χ1) is 4.31. The maximum Gasteiger partial charge on any atom is 0.0859 e. The minimum absolute atomic E-state index is 1.06. The summed E-state index contributed by atoms with van der Waals surface area (Å²) in [4.78, 5) is 3.76. The lowest BCUT2D eigenvalue weighted by atomic mass is 10.4. The van der Waals surface area contributed by atoms with Gasteiger partial charge in [-0.2, -0.15) is 0 Å². The number of rotatable bonds is 3. The van der Waals surface area contributed by atoms with E-state index in [-0.39, 0.29) is 0 Å². The maximum atomic E-state index is 3.76. The van der Waals surface area contributed by atoms with Crippen molar-refractivity contribution in [2.24, 2.45) is 4.99 Å². The van der Waals surface area contributed by atoms with Crippen LogP contribution in [0.5, 0.6) is 0 Å². The van der Waals surface area contributed by atoms with E-state index < -0.39 is 0 Å². The van der Waals surface area contributed by atoms with Crippen LogP contribution >= 0.6 is 22.6 Å². The molecule has 0 heterocycles. The van der Waals surface area contributed by atoms with Crippen molar-refractivity contribution in [2.75, 3.05) is 11.5 Å². The van der Waals surface area contributed by atoms with Crippen LogP contribution in [0.2, 0.25) is 0 Å². The minimum atomic E-state index is 1.06. The minimum Gasteiger partial charge on any atom is -0.353 e. The number of allylic oxidation sites excluding steroid dienone is 1. The Morgan fingerprint density at radius 2 is 2.44 bits per heavy atom. The molecule has 0 fully saturated rings. The van der Waals surface area contributed by atoms with Crippen LogP contribution in [0.15, 0.2) is 16.8 Å². The molecular formula is C6H11IN2. The van der Waals surface area contributed by atoms with Gasteiger partial charge in [0, 0.05) is 17.7 Å². The molecule has 0 aromatic carbocycles. The van der Waals surface area contributed by atoms with Gasteiger partial charge in [0.25, 0.3) is 0 Å². The molecule has 0 amide bonds. The zero-order chi connectivity index (χ0) is 7.11. The first-order valence-corrected chi connectivity index (χ1v) is 4.22. The smallest absolute Gasteiger partial charge is 0.0859 e. The fraction of sp³-hybridized carbons (Fsp3) is 0.500. The third-order valence-electron chi connectivity index (χ3n) is 0.744. The van der Waals surface area contributed by atoms with Crippen LogP contribution in [0.25, 0.3) is 0 Å². The summed E-state index contributed by atoms with van der Waals surface area (Å²) in [6.07, 6.45) is 3.61. The van der Waals surface area contributed by atoms with Gasteiger partial charge in [-0.1, -0.05) is 22.6 Å². The molecule has 52 valence electrons. The van der Waals surface area contributed by atoms with Crippen molar-refractivity contribution >= 4 is 28.9 Å². The van der Waals surface area contributed by atoms with E-state index in [2.05, 4.69) is 39.8 Å². The highest BCUT2D eigenvalue weighted by molar-refractivity contribution is 14.1. The Labute approximate surface area is 69.6 Å². The molecule has 3 heteroatoms. The molecule has 9 heavy (non-hydrogen) atoms. The molecular weight excluding hydrogens is 227 g/mol. The van der Waals surface area contributed by atoms with Crippen LogP contribution in [0, 0.1) is 0 Å². The van der Waals surface area contributed by atoms with E-state index in [1.165, 1.54) is 5.57 Å². The van der Waals surface area contributed by atoms with Gasteiger partial charge < -0.3 is 5.32 Å². The monoisotopic (exact) mass is 238 g/mol. The van der Waals surface area contributed by atoms with Crippen LogP contribution in [-0.2, 0) is 0 Å². The number of hydrogen-bond acceptors (Lipinski definition) is 1. The van der Waals surface area contributed by atoms with E-state index in [1.54, 1.807) is 13.4 Å². The Bertz CT molecular complexity index is 118. The number of alkyl halides is 1. The fourth-order valence-electron chi connectivity index (χ4n) is 0.293. The van der Waals surface area contributed by atoms with E-state index in [4.69, 9.17) is 0 Å². The van der Waals surface area contributed by atoms with Gasteiger partial charge in [0.15, 0.2) is 0 Å². The van der Waals surface area contributed by atoms with Crippen LogP contribution in [-0.4, -0.2) is 17.8 Å². The lowest BCUT2D eigenvalue weighted by molar-refractivity contribution is 1.23. The molecule has 0 spiro atoms. The molecule has 0 saturated heterocycles. The predicted octanol–water partition coefficient (Wildman–Crippen LogP) is 1.57. The van der Waals surface area contributed by atoms with Gasteiger partial charge in [-0.3, -0.25) is 4.99 Å². The van der Waals surface area contributed by atoms with Gasteiger partial charge in [0.2, 0.25) is 0 Å². The quantitative estimate of drug-likeness (QED) is 0.343. The molecule has 0 aliphatic heterocycles. The van der Waals surface area contributed by atoms with Crippen molar-refractivity contribution in [1.29, 1.82) is 0 Å². The summed E-state index contributed by atoms with van der Waals surface area (Å²) in [6.45, 7) is 2.07. The Morgan fingerprint density at radius 3 is 2.89 bits per heavy atom. The van der Waals surface area contributed by atoms with E-state index >= 15 is 0 Å². The lowest BCUT2D eigenvalue weighted by Gasteiger charge is -1.91. The SMILES string of the molecule is CN=CN/C=C(/C)CI. The second kappa shape index (κ2) is 6.07. The molecule has 0 aromatic rings. The summed E-state index contributed by atoms with van der Waals surface area (Å²) < 4.78 is 1.06. The molecule has 0 radical (unpaired) electrons. The Morgan fingerprint density at radius 1 is 1.78 bits per heavy atom. The molecule has 0 unspecified atom stereocenters. The van der Waals surface area contributed by atoms with Crippen molar-refractivity contribution < 1.29 is 0 Å². The molecule has 0 atom stereocenters. The average molecular weight is 238 g/mol. The zero-order valence-electron chi connectivity index (χ0n) is 5.69. The third-order valence-corrected chi connectivity index (χ3v) is 1.95. The topological polar surface area (TPSA) is 24.4 Å². The number of nitrogens with one attached hydrogen (secondary N) is 1. The number of aliphatic imine (C=N–C) groups is 1. The first kappa shape index (κ1) is 8.94. The Kier molecular flexibility index (Phi) is 6.03. The summed E-state index contributed by atoms with van der Waals surface area (Å²) in [5.74, 6) is 0. The molecule has 0 aliphatic carbocycles. The summed E-state index contributed by atoms with van der Waals surface area (Å²) in [5.41, 5.74) is 1.32. The molecule has 1 N–H and O–H groups in total. The summed E-state index contributed by atoms with van der Waals surface area (Å²) in [6, 6.07) is 0. The summed E-state index contributed by atoms with van der Waals surface area (Å²) in [7, 11) is 1.74. The lowest BCUT2D eigenvalue weighted by Crippen LogP contribution is -2.01. The van der Waals surface area contributed by atoms with Crippen molar-refractivity contribution in [3.63, 3.8) is 0 Å². The predicted molar refractivity (Wildman–Crippen MR) is 50.2 cm³/mol. The second-order valence-electron chi connectivity index (χ2n) is 1.68. The van der Waals surface area contributed by atoms with E-state index in [0.29, 0.717) is 0 Å². The van der Waals surface area contributed by atoms with Crippen LogP contribution in [0.1, 0.15) is 6.92 Å². The molecule has 0 bridgehead atoms. The molecule has 0 saturated carbocycles. The Balaban J connectivity index is 3.43. The third kappa shape index (κ3) is 5.82. The van der Waals surface area contributed by atoms with E-state index in [1.807, 2.05) is 6.20 Å². The summed E-state index contributed by atoms with van der Waals surface area (Å²) in [5, 5.41) is 2.93. The van der Waals surface area contributed by atoms with Gasteiger partial charge in [0.1, 0.15) is 0 Å². The maximum absolute atomic E-state index is 3.76. The molecule has 0 aromatic heterocycles. The zero-order valence-corrected chi connectivity index (χ0v) is 7.84. The molecule has 0 rings (SSSR count). The van der Waals surface area contributed by atoms with E-state index in [9.17, 15) is 0 Å². The highest BCUT2D eigenvalue weighted by Crippen LogP contribution is 1.94. The van der Waals surface area contributed by atoms with Crippen molar-refractivity contribution in [3.05, 3.63) is 11.8 Å². The highest BCUT2D eigenvalue weighted by atomic mass is 127. The largest absolute Gasteiger partial charge is 0.353 e. The van der Waals surface area contributed by atoms with Crippen molar-refractivity contribution in [1.82, 2.24) is 5.32 Å². The Hall–Kier alpha value is -0.0600. The van der Waals surface area contributed by atoms with Crippen molar-refractivity contribution in [3.8, 4) is 0 Å². The number of halogens is 1. The molecule has 2 nitrogen and oxygen atoms in total. The van der Waals surface area contributed by atoms with Gasteiger partial charge in [-0.15, -0.1) is 0 Å². The normalized spacial score (nSPS) is 12.6. The van der Waals surface area contributed by atoms with Crippen molar-refractivity contribution in [2.45, 2.75) is 6.92 Å². The molecule has 0 aliphatic rings. The summed E-state index contributed by atoms with van der Waals surface area (Å²) >= 11 is 2.31. The number of nitrogens with zero attached hydrogens (tertiary/aromatic N) is 1. The fourth-order valence-corrected chi connectivity index (χ4v) is 0.513. The van der Waals surface area contributed by atoms with Gasteiger partial charge in [0.05, 0.1) is 6.34 Å². The number of hydrogen-bond donors (Lipinski definition) is 1. The average Bonchev–Trinajstić information content (AvgIpc) is 1.89. The van der Waals surface area contributed by atoms with Gasteiger partial charge in [-0.05, 0) is 12.5 Å².